The molecule has 4 rings (SSSR count). The highest BCUT2D eigenvalue weighted by atomic mass is 19.1. The van der Waals surface area contributed by atoms with E-state index in [-0.39, 0.29) is 18.0 Å². The Hall–Kier alpha value is -3.22. The van der Waals surface area contributed by atoms with Crippen LogP contribution in [0.5, 0.6) is 5.88 Å². The number of hydrogen-bond acceptors (Lipinski definition) is 4. The normalized spacial score (nSPS) is 14.8. The van der Waals surface area contributed by atoms with E-state index in [2.05, 4.69) is 15.3 Å². The number of aromatic nitrogens is 2. The lowest BCUT2D eigenvalue weighted by Gasteiger charge is -2.31. The second-order valence-electron chi connectivity index (χ2n) is 6.79. The first-order chi connectivity index (χ1) is 13.7. The molecule has 0 spiro atoms. The maximum Gasteiger partial charge on any atom is 0.317 e. The Kier molecular flexibility index (Phi) is 5.32. The fourth-order valence-corrected chi connectivity index (χ4v) is 3.24. The van der Waals surface area contributed by atoms with Crippen LogP contribution in [0.25, 0.3) is 11.0 Å². The summed E-state index contributed by atoms with van der Waals surface area (Å²) in [4.78, 5) is 23.0. The predicted molar refractivity (Wildman–Crippen MR) is 103 cm³/mol. The zero-order valence-corrected chi connectivity index (χ0v) is 15.3. The minimum atomic E-state index is -0.284. The molecule has 1 fully saturated rings. The van der Waals surface area contributed by atoms with Gasteiger partial charge in [-0.1, -0.05) is 24.3 Å². The summed E-state index contributed by atoms with van der Waals surface area (Å²) < 4.78 is 18.9. The van der Waals surface area contributed by atoms with Crippen molar-refractivity contribution in [3.63, 3.8) is 0 Å². The number of fused-ring (bicyclic) bond motifs is 1. The van der Waals surface area contributed by atoms with Crippen molar-refractivity contribution in [2.24, 2.45) is 0 Å². The largest absolute Gasteiger partial charge is 0.473 e. The van der Waals surface area contributed by atoms with Crippen molar-refractivity contribution in [2.45, 2.75) is 25.5 Å². The molecule has 2 aromatic carbocycles. The molecule has 2 amide bonds. The second-order valence-corrected chi connectivity index (χ2v) is 6.79. The molecule has 1 saturated heterocycles. The summed E-state index contributed by atoms with van der Waals surface area (Å²) in [6, 6.07) is 13.7. The summed E-state index contributed by atoms with van der Waals surface area (Å²) in [5, 5.41) is 2.87. The number of carbonyl (C=O) groups is 1. The number of urea groups is 1. The van der Waals surface area contributed by atoms with Crippen molar-refractivity contribution in [3.05, 3.63) is 66.1 Å². The van der Waals surface area contributed by atoms with Gasteiger partial charge in [0.15, 0.2) is 0 Å². The number of carbonyl (C=O) groups excluding carboxylic acids is 1. The molecular weight excluding hydrogens is 359 g/mol. The summed E-state index contributed by atoms with van der Waals surface area (Å²) >= 11 is 0. The average molecular weight is 380 g/mol. The minimum absolute atomic E-state index is 0.0108. The summed E-state index contributed by atoms with van der Waals surface area (Å²) in [6.07, 6.45) is 3.12. The Morgan fingerprint density at radius 2 is 1.82 bits per heavy atom. The number of amides is 2. The van der Waals surface area contributed by atoms with Gasteiger partial charge < -0.3 is 15.0 Å². The van der Waals surface area contributed by atoms with Crippen LogP contribution in [0.2, 0.25) is 0 Å². The van der Waals surface area contributed by atoms with Crippen molar-refractivity contribution < 1.29 is 13.9 Å². The number of piperidine rings is 1. The van der Waals surface area contributed by atoms with E-state index in [0.717, 1.165) is 29.4 Å². The van der Waals surface area contributed by atoms with Crippen LogP contribution < -0.4 is 10.1 Å². The fraction of sp³-hybridized carbons (Fsp3) is 0.286. The van der Waals surface area contributed by atoms with Crippen LogP contribution in [0, 0.1) is 5.82 Å². The lowest BCUT2D eigenvalue weighted by atomic mass is 10.1. The molecule has 1 aliphatic heterocycles. The third-order valence-electron chi connectivity index (χ3n) is 4.80. The van der Waals surface area contributed by atoms with Gasteiger partial charge >= 0.3 is 6.03 Å². The van der Waals surface area contributed by atoms with Crippen LogP contribution in [0.4, 0.5) is 9.18 Å². The molecule has 1 aromatic heterocycles. The smallest absolute Gasteiger partial charge is 0.317 e. The average Bonchev–Trinajstić information content (AvgIpc) is 2.73. The van der Waals surface area contributed by atoms with E-state index in [9.17, 15) is 9.18 Å². The number of likely N-dealkylation sites (tertiary alicyclic amines) is 1. The summed E-state index contributed by atoms with van der Waals surface area (Å²) in [6.45, 7) is 1.60. The SMILES string of the molecule is O=C(NCc1ccc(F)cc1)N1CCC(Oc2cnc3ccccc3n2)CC1. The Labute approximate surface area is 162 Å². The molecule has 2 heterocycles. The Morgan fingerprint density at radius 1 is 1.11 bits per heavy atom. The van der Waals surface area contributed by atoms with E-state index in [0.29, 0.717) is 25.5 Å². The first-order valence-corrected chi connectivity index (χ1v) is 9.33. The van der Waals surface area contributed by atoms with Crippen LogP contribution >= 0.6 is 0 Å². The van der Waals surface area contributed by atoms with E-state index in [4.69, 9.17) is 4.74 Å². The number of ether oxygens (including phenoxy) is 1. The molecule has 6 nitrogen and oxygen atoms in total. The van der Waals surface area contributed by atoms with Crippen molar-refractivity contribution in [2.75, 3.05) is 13.1 Å². The molecule has 28 heavy (non-hydrogen) atoms. The van der Waals surface area contributed by atoms with Crippen LogP contribution in [0.15, 0.2) is 54.7 Å². The van der Waals surface area contributed by atoms with Crippen LogP contribution in [-0.4, -0.2) is 40.1 Å². The molecule has 0 radical (unpaired) electrons. The van der Waals surface area contributed by atoms with Gasteiger partial charge in [0.25, 0.3) is 0 Å². The Bertz CT molecular complexity index is 956. The summed E-state index contributed by atoms with van der Waals surface area (Å²) in [5.41, 5.74) is 2.50. The number of hydrogen-bond donors (Lipinski definition) is 1. The van der Waals surface area contributed by atoms with Gasteiger partial charge in [-0.15, -0.1) is 0 Å². The van der Waals surface area contributed by atoms with E-state index in [1.165, 1.54) is 12.1 Å². The zero-order valence-electron chi connectivity index (χ0n) is 15.3. The first-order valence-electron chi connectivity index (χ1n) is 9.33. The topological polar surface area (TPSA) is 67.4 Å². The van der Waals surface area contributed by atoms with Gasteiger partial charge in [0.05, 0.1) is 17.2 Å². The van der Waals surface area contributed by atoms with Crippen molar-refractivity contribution >= 4 is 17.1 Å². The number of rotatable bonds is 4. The van der Waals surface area contributed by atoms with Crippen molar-refractivity contribution in [1.29, 1.82) is 0 Å². The molecule has 0 atom stereocenters. The van der Waals surface area contributed by atoms with E-state index in [1.807, 2.05) is 24.3 Å². The molecular formula is C21H21FN4O2. The molecule has 0 bridgehead atoms. The monoisotopic (exact) mass is 380 g/mol. The minimum Gasteiger partial charge on any atom is -0.473 e. The van der Waals surface area contributed by atoms with E-state index >= 15 is 0 Å². The maximum atomic E-state index is 12.9. The molecule has 144 valence electrons. The summed E-state index contributed by atoms with van der Waals surface area (Å²) in [7, 11) is 0. The quantitative estimate of drug-likeness (QED) is 0.752. The number of nitrogens with one attached hydrogen (secondary N) is 1. The van der Waals surface area contributed by atoms with Gasteiger partial charge in [-0.3, -0.25) is 0 Å². The van der Waals surface area contributed by atoms with Gasteiger partial charge in [-0.05, 0) is 29.8 Å². The highest BCUT2D eigenvalue weighted by Gasteiger charge is 2.24. The molecule has 3 aromatic rings. The standard InChI is InChI=1S/C21H21FN4O2/c22-16-7-5-15(6-8-16)13-24-21(27)26-11-9-17(10-12-26)28-20-14-23-18-3-1-2-4-19(18)25-20/h1-8,14,17H,9-13H2,(H,24,27). The third kappa shape index (κ3) is 4.36. The highest BCUT2D eigenvalue weighted by Crippen LogP contribution is 2.19. The predicted octanol–water partition coefficient (Wildman–Crippen LogP) is 3.52. The second kappa shape index (κ2) is 8.21. The molecule has 0 saturated carbocycles. The molecule has 0 aliphatic carbocycles. The number of para-hydroxylation sites is 2. The van der Waals surface area contributed by atoms with Gasteiger partial charge in [-0.2, -0.15) is 0 Å². The highest BCUT2D eigenvalue weighted by molar-refractivity contribution is 5.74. The van der Waals surface area contributed by atoms with Crippen LogP contribution in [0.3, 0.4) is 0 Å². The van der Waals surface area contributed by atoms with E-state index < -0.39 is 0 Å². The molecule has 1 N–H and O–H groups in total. The molecule has 7 heteroatoms. The number of benzene rings is 2. The van der Waals surface area contributed by atoms with Crippen LogP contribution in [-0.2, 0) is 6.54 Å². The molecule has 1 aliphatic rings. The van der Waals surface area contributed by atoms with Gasteiger partial charge in [0.2, 0.25) is 5.88 Å². The van der Waals surface area contributed by atoms with Gasteiger partial charge in [-0.25, -0.2) is 19.2 Å². The maximum absolute atomic E-state index is 12.9. The van der Waals surface area contributed by atoms with Gasteiger partial charge in [0, 0.05) is 32.5 Å². The van der Waals surface area contributed by atoms with Crippen molar-refractivity contribution in [1.82, 2.24) is 20.2 Å². The van der Waals surface area contributed by atoms with Gasteiger partial charge in [0.1, 0.15) is 11.9 Å². The van der Waals surface area contributed by atoms with Crippen LogP contribution in [0.1, 0.15) is 18.4 Å². The number of halogens is 1. The number of nitrogens with zero attached hydrogens (tertiary/aromatic N) is 3. The first kappa shape index (κ1) is 18.2. The molecule has 0 unspecified atom stereocenters. The third-order valence-corrected chi connectivity index (χ3v) is 4.80. The fourth-order valence-electron chi connectivity index (χ4n) is 3.24. The lowest BCUT2D eigenvalue weighted by molar-refractivity contribution is 0.107. The Balaban J connectivity index is 1.26. The van der Waals surface area contributed by atoms with Crippen molar-refractivity contribution in [3.8, 4) is 5.88 Å². The summed E-state index contributed by atoms with van der Waals surface area (Å²) in [5.74, 6) is 0.228. The lowest BCUT2D eigenvalue weighted by Crippen LogP contribution is -2.46. The zero-order chi connectivity index (χ0) is 19.3. The van der Waals surface area contributed by atoms with E-state index in [1.54, 1.807) is 23.2 Å². The Morgan fingerprint density at radius 3 is 2.57 bits per heavy atom.